The van der Waals surface area contributed by atoms with Gasteiger partial charge in [0, 0.05) is 25.4 Å². The number of hydrogen-bond donors (Lipinski definition) is 3. The van der Waals surface area contributed by atoms with Crippen LogP contribution in [0.3, 0.4) is 0 Å². The molecule has 0 amide bonds. The molecule has 1 aromatic carbocycles. The number of nitrogen functional groups attached to an aromatic ring is 1. The first kappa shape index (κ1) is 20.6. The van der Waals surface area contributed by atoms with Crippen LogP contribution in [0, 0.1) is 6.92 Å². The summed E-state index contributed by atoms with van der Waals surface area (Å²) < 4.78 is 6.92. The van der Waals surface area contributed by atoms with E-state index < -0.39 is 6.04 Å². The Bertz CT molecular complexity index is 1530. The molecule has 0 aliphatic carbocycles. The molecule has 0 aliphatic rings. The van der Waals surface area contributed by atoms with Crippen LogP contribution in [0.5, 0.6) is 0 Å². The third kappa shape index (κ3) is 3.65. The number of nitrogens with one attached hydrogen (secondary N) is 2. The molecule has 0 unspecified atom stereocenters. The van der Waals surface area contributed by atoms with Crippen molar-refractivity contribution in [1.82, 2.24) is 39.9 Å². The molecule has 4 N–H and O–H groups in total. The van der Waals surface area contributed by atoms with E-state index in [1.807, 2.05) is 6.92 Å². The molecule has 33 heavy (non-hydrogen) atoms. The number of fused-ring (bicyclic) bond motifs is 1. The Morgan fingerprint density at radius 1 is 1.24 bits per heavy atom. The molecule has 0 saturated carbocycles. The summed E-state index contributed by atoms with van der Waals surface area (Å²) in [6.45, 7) is 3.50. The smallest absolute Gasteiger partial charge is 0.268 e. The maximum absolute atomic E-state index is 13.4. The molecule has 4 heterocycles. The van der Waals surface area contributed by atoms with Gasteiger partial charge in [-0.2, -0.15) is 10.1 Å². The van der Waals surface area contributed by atoms with Gasteiger partial charge >= 0.3 is 0 Å². The molecule has 166 valence electrons. The van der Waals surface area contributed by atoms with E-state index in [2.05, 4.69) is 35.7 Å². The van der Waals surface area contributed by atoms with Crippen LogP contribution in [-0.2, 0) is 0 Å². The van der Waals surface area contributed by atoms with E-state index in [-0.39, 0.29) is 17.4 Å². The highest BCUT2D eigenvalue weighted by Crippen LogP contribution is 2.29. The minimum absolute atomic E-state index is 0.0487. The van der Waals surface area contributed by atoms with Crippen molar-refractivity contribution in [2.24, 2.45) is 0 Å². The molecule has 1 atom stereocenters. The number of anilines is 2. The molecule has 12 nitrogen and oxygen atoms in total. The third-order valence-corrected chi connectivity index (χ3v) is 5.21. The van der Waals surface area contributed by atoms with Gasteiger partial charge in [-0.25, -0.2) is 14.5 Å². The van der Waals surface area contributed by atoms with E-state index in [0.29, 0.717) is 44.8 Å². The van der Waals surface area contributed by atoms with Crippen LogP contribution in [0.2, 0.25) is 5.02 Å². The Balaban J connectivity index is 1.66. The van der Waals surface area contributed by atoms with E-state index in [4.69, 9.17) is 26.7 Å². The van der Waals surface area contributed by atoms with Crippen LogP contribution in [0.15, 0.2) is 45.9 Å². The lowest BCUT2D eigenvalue weighted by atomic mass is 10.2. The van der Waals surface area contributed by atoms with Crippen LogP contribution in [0.25, 0.3) is 28.2 Å². The summed E-state index contributed by atoms with van der Waals surface area (Å²) in [7, 11) is 0. The van der Waals surface area contributed by atoms with Crippen molar-refractivity contribution in [3.05, 3.63) is 63.8 Å². The molecule has 5 rings (SSSR count). The average molecular weight is 465 g/mol. The topological polar surface area (TPSA) is 166 Å². The third-order valence-electron chi connectivity index (χ3n) is 4.89. The number of H-pyrrole nitrogens is 1. The van der Waals surface area contributed by atoms with Crippen LogP contribution in [0.4, 0.5) is 11.8 Å². The number of rotatable bonds is 5. The zero-order valence-corrected chi connectivity index (χ0v) is 18.2. The fourth-order valence-electron chi connectivity index (χ4n) is 3.43. The summed E-state index contributed by atoms with van der Waals surface area (Å²) in [4.78, 5) is 26.5. The Hall–Kier alpha value is -4.32. The van der Waals surface area contributed by atoms with Crippen molar-refractivity contribution in [1.29, 1.82) is 0 Å². The van der Waals surface area contributed by atoms with Crippen molar-refractivity contribution in [2.45, 2.75) is 19.9 Å². The predicted octanol–water partition coefficient (Wildman–Crippen LogP) is 2.67. The van der Waals surface area contributed by atoms with Crippen molar-refractivity contribution >= 4 is 34.3 Å². The van der Waals surface area contributed by atoms with Crippen molar-refractivity contribution in [2.75, 3.05) is 11.1 Å². The molecular formula is C20H17ClN10O2. The van der Waals surface area contributed by atoms with Crippen molar-refractivity contribution < 1.29 is 4.42 Å². The zero-order valence-electron chi connectivity index (χ0n) is 17.4. The second-order valence-corrected chi connectivity index (χ2v) is 7.57. The fourth-order valence-corrected chi connectivity index (χ4v) is 3.68. The molecule has 13 heteroatoms. The van der Waals surface area contributed by atoms with Gasteiger partial charge in [-0.05, 0) is 19.1 Å². The quantitative estimate of drug-likeness (QED) is 0.351. The monoisotopic (exact) mass is 464 g/mol. The highest BCUT2D eigenvalue weighted by atomic mass is 35.5. The van der Waals surface area contributed by atoms with E-state index >= 15 is 0 Å². The lowest BCUT2D eigenvalue weighted by Gasteiger charge is -2.20. The van der Waals surface area contributed by atoms with Crippen LogP contribution in [0.1, 0.15) is 24.7 Å². The van der Waals surface area contributed by atoms with Gasteiger partial charge in [0.2, 0.25) is 11.8 Å². The van der Waals surface area contributed by atoms with Gasteiger partial charge in [-0.15, -0.1) is 10.2 Å². The highest BCUT2D eigenvalue weighted by Gasteiger charge is 2.23. The Morgan fingerprint density at radius 2 is 2.09 bits per heavy atom. The van der Waals surface area contributed by atoms with Gasteiger partial charge in [0.05, 0.1) is 27.5 Å². The molecule has 0 saturated heterocycles. The maximum Gasteiger partial charge on any atom is 0.268 e. The normalized spacial score (nSPS) is 12.2. The summed E-state index contributed by atoms with van der Waals surface area (Å²) in [6, 6.07) is 6.24. The second kappa shape index (κ2) is 7.98. The first-order valence-corrected chi connectivity index (χ1v) is 10.2. The number of aromatic nitrogens is 8. The molecule has 0 fully saturated rings. The van der Waals surface area contributed by atoms with Crippen LogP contribution < -0.4 is 16.6 Å². The lowest BCUT2D eigenvalue weighted by Crippen LogP contribution is -2.28. The Kier molecular flexibility index (Phi) is 4.98. The van der Waals surface area contributed by atoms with Gasteiger partial charge in [0.1, 0.15) is 11.6 Å². The Morgan fingerprint density at radius 3 is 2.82 bits per heavy atom. The summed E-state index contributed by atoms with van der Waals surface area (Å²) in [5.74, 6) is 1.76. The van der Waals surface area contributed by atoms with E-state index in [1.54, 1.807) is 37.4 Å². The minimum atomic E-state index is -0.533. The maximum atomic E-state index is 13.4. The number of nitrogens with zero attached hydrogens (tertiary/aromatic N) is 7. The summed E-state index contributed by atoms with van der Waals surface area (Å²) in [5, 5.41) is 18.6. The molecule has 5 aromatic rings. The first-order chi connectivity index (χ1) is 15.9. The number of aromatic amines is 1. The van der Waals surface area contributed by atoms with Crippen LogP contribution >= 0.6 is 11.6 Å². The first-order valence-electron chi connectivity index (χ1n) is 9.83. The molecular weight excluding hydrogens is 448 g/mol. The second-order valence-electron chi connectivity index (χ2n) is 7.16. The largest absolute Gasteiger partial charge is 0.421 e. The van der Waals surface area contributed by atoms with Crippen molar-refractivity contribution in [3.8, 4) is 17.3 Å². The summed E-state index contributed by atoms with van der Waals surface area (Å²) in [5.41, 5.74) is 6.38. The molecule has 4 aromatic heterocycles. The van der Waals surface area contributed by atoms with E-state index in [1.165, 1.54) is 10.8 Å². The predicted molar refractivity (Wildman–Crippen MR) is 121 cm³/mol. The molecule has 0 spiro atoms. The van der Waals surface area contributed by atoms with Gasteiger partial charge in [-0.1, -0.05) is 17.7 Å². The number of hydrogen-bond acceptors (Lipinski definition) is 10. The molecule has 0 aliphatic heterocycles. The van der Waals surface area contributed by atoms with Crippen LogP contribution in [-0.4, -0.2) is 39.9 Å². The van der Waals surface area contributed by atoms with E-state index in [0.717, 1.165) is 0 Å². The minimum Gasteiger partial charge on any atom is -0.421 e. The zero-order chi connectivity index (χ0) is 23.1. The lowest BCUT2D eigenvalue weighted by molar-refractivity contribution is 0.532. The standard InChI is InChI=1S/C20H17ClN10O2/c1-9(25-16-11(8-23-20(22)27-16)18-30-28-10(2)33-18)17-26-13-5-3-4-12(21)15(13)19(32)31(17)14-6-7-24-29-14/h3-9H,1-2H3,(H,24,29)(H3,22,23,25,27)/t9-/m0/s1. The van der Waals surface area contributed by atoms with Gasteiger partial charge in [0.15, 0.2) is 5.82 Å². The number of aryl methyl sites for hydroxylation is 1. The van der Waals surface area contributed by atoms with Crippen molar-refractivity contribution in [3.63, 3.8) is 0 Å². The van der Waals surface area contributed by atoms with E-state index in [9.17, 15) is 4.79 Å². The van der Waals surface area contributed by atoms with Gasteiger partial charge < -0.3 is 15.5 Å². The fraction of sp³-hybridized carbons (Fsp3) is 0.150. The van der Waals surface area contributed by atoms with Gasteiger partial charge in [-0.3, -0.25) is 9.89 Å². The van der Waals surface area contributed by atoms with Gasteiger partial charge in [0.25, 0.3) is 11.4 Å². The number of benzene rings is 1. The average Bonchev–Trinajstić information content (AvgIpc) is 3.45. The highest BCUT2D eigenvalue weighted by molar-refractivity contribution is 6.35. The number of halogens is 1. The summed E-state index contributed by atoms with van der Waals surface area (Å²) >= 11 is 6.31. The molecule has 0 radical (unpaired) electrons. The Labute approximate surface area is 190 Å². The molecule has 0 bridgehead atoms. The summed E-state index contributed by atoms with van der Waals surface area (Å²) in [6.07, 6.45) is 3.10. The SMILES string of the molecule is Cc1nnc(-c2cnc(N)nc2N[C@@H](C)c2nc3cccc(Cl)c3c(=O)n2-c2cc[nH]n2)o1. The number of nitrogens with two attached hydrogens (primary N) is 1.